The van der Waals surface area contributed by atoms with Gasteiger partial charge in [0.1, 0.15) is 4.88 Å². The maximum atomic E-state index is 12.7. The number of carbonyl (C=O) groups is 2. The first-order valence-electron chi connectivity index (χ1n) is 8.35. The van der Waals surface area contributed by atoms with E-state index in [0.717, 1.165) is 53.8 Å². The second-order valence-electron chi connectivity index (χ2n) is 5.77. The molecule has 0 fully saturated rings. The number of thiazole rings is 1. The average molecular weight is 361 g/mol. The Morgan fingerprint density at radius 2 is 1.72 bits per heavy atom. The van der Waals surface area contributed by atoms with Crippen molar-refractivity contribution < 1.29 is 14.7 Å². The second kappa shape index (κ2) is 8.62. The third kappa shape index (κ3) is 4.79. The van der Waals surface area contributed by atoms with Gasteiger partial charge in [0.15, 0.2) is 5.13 Å². The smallest absolute Gasteiger partial charge is 0.410 e. The Morgan fingerprint density at radius 1 is 1.12 bits per heavy atom. The third-order valence-corrected chi connectivity index (χ3v) is 4.80. The van der Waals surface area contributed by atoms with Gasteiger partial charge in [-0.15, -0.1) is 0 Å². The highest BCUT2D eigenvalue weighted by Gasteiger charge is 2.19. The molecule has 0 aliphatic heterocycles. The summed E-state index contributed by atoms with van der Waals surface area (Å²) in [5, 5.41) is 14.2. The topological polar surface area (TPSA) is 91.3 Å². The van der Waals surface area contributed by atoms with E-state index in [2.05, 4.69) is 29.5 Å². The zero-order valence-electron chi connectivity index (χ0n) is 14.7. The van der Waals surface area contributed by atoms with Gasteiger partial charge in [0.2, 0.25) is 0 Å². The first kappa shape index (κ1) is 18.9. The molecule has 7 heteroatoms. The standard InChI is InChI=1S/C18H23N3O3S/c1-4-7-12-9-6-10-13(8-5-2)14(12)20-16(22)15-11(3)19-17(25-15)21-18(23)24/h6,9-10H,4-5,7-8H2,1-3H3,(H,19,21)(H,20,22)(H,23,24). The summed E-state index contributed by atoms with van der Waals surface area (Å²) in [6.45, 7) is 5.91. The van der Waals surface area contributed by atoms with E-state index in [1.54, 1.807) is 6.92 Å². The van der Waals surface area contributed by atoms with Crippen molar-refractivity contribution in [3.05, 3.63) is 39.9 Å². The molecule has 3 N–H and O–H groups in total. The summed E-state index contributed by atoms with van der Waals surface area (Å²) < 4.78 is 0. The number of carbonyl (C=O) groups excluding carboxylic acids is 1. The molecular formula is C18H23N3O3S. The third-order valence-electron chi connectivity index (χ3n) is 3.73. The summed E-state index contributed by atoms with van der Waals surface area (Å²) >= 11 is 1.04. The Labute approximate surface area is 151 Å². The first-order valence-corrected chi connectivity index (χ1v) is 9.17. The van der Waals surface area contributed by atoms with Crippen LogP contribution in [0.2, 0.25) is 0 Å². The molecule has 0 radical (unpaired) electrons. The number of benzene rings is 1. The summed E-state index contributed by atoms with van der Waals surface area (Å²) in [4.78, 5) is 28.0. The minimum absolute atomic E-state index is 0.200. The number of nitrogens with zero attached hydrogens (tertiary/aromatic N) is 1. The van der Waals surface area contributed by atoms with Gasteiger partial charge in [-0.25, -0.2) is 9.78 Å². The molecule has 0 unspecified atom stereocenters. The number of carboxylic acid groups (broad SMARTS) is 1. The number of anilines is 2. The Hall–Kier alpha value is -2.41. The molecule has 25 heavy (non-hydrogen) atoms. The lowest BCUT2D eigenvalue weighted by atomic mass is 10.00. The zero-order valence-corrected chi connectivity index (χ0v) is 15.5. The molecule has 0 saturated carbocycles. The van der Waals surface area contributed by atoms with E-state index < -0.39 is 6.09 Å². The number of nitrogens with one attached hydrogen (secondary N) is 2. The molecule has 0 saturated heterocycles. The lowest BCUT2D eigenvalue weighted by Gasteiger charge is -2.15. The summed E-state index contributed by atoms with van der Waals surface area (Å²) in [6.07, 6.45) is 2.57. The summed E-state index contributed by atoms with van der Waals surface area (Å²) in [7, 11) is 0. The lowest BCUT2D eigenvalue weighted by molar-refractivity contribution is 0.102. The van der Waals surface area contributed by atoms with Gasteiger partial charge >= 0.3 is 6.09 Å². The summed E-state index contributed by atoms with van der Waals surface area (Å²) in [6, 6.07) is 6.10. The first-order chi connectivity index (χ1) is 12.0. The predicted molar refractivity (Wildman–Crippen MR) is 101 cm³/mol. The van der Waals surface area contributed by atoms with Crippen molar-refractivity contribution in [3.8, 4) is 0 Å². The fraction of sp³-hybridized carbons (Fsp3) is 0.389. The molecule has 0 atom stereocenters. The molecule has 0 aliphatic rings. The van der Waals surface area contributed by atoms with Crippen LogP contribution in [-0.2, 0) is 12.8 Å². The minimum Gasteiger partial charge on any atom is -0.465 e. The minimum atomic E-state index is -1.20. The van der Waals surface area contributed by atoms with Gasteiger partial charge in [-0.3, -0.25) is 10.1 Å². The number of aromatic nitrogens is 1. The maximum Gasteiger partial charge on any atom is 0.410 e. The fourth-order valence-electron chi connectivity index (χ4n) is 2.69. The SMILES string of the molecule is CCCc1cccc(CCC)c1NC(=O)c1sc(NC(=O)O)nc1C. The second-order valence-corrected chi connectivity index (χ2v) is 6.77. The van der Waals surface area contributed by atoms with Crippen LogP contribution < -0.4 is 10.6 Å². The Balaban J connectivity index is 2.31. The molecular weight excluding hydrogens is 338 g/mol. The van der Waals surface area contributed by atoms with Gasteiger partial charge in [0, 0.05) is 5.69 Å². The van der Waals surface area contributed by atoms with Crippen LogP contribution in [-0.4, -0.2) is 22.1 Å². The van der Waals surface area contributed by atoms with E-state index >= 15 is 0 Å². The molecule has 1 heterocycles. The van der Waals surface area contributed by atoms with E-state index in [0.29, 0.717) is 10.6 Å². The van der Waals surface area contributed by atoms with E-state index in [-0.39, 0.29) is 11.0 Å². The van der Waals surface area contributed by atoms with Crippen molar-refractivity contribution in [2.24, 2.45) is 0 Å². The quantitative estimate of drug-likeness (QED) is 0.666. The Morgan fingerprint density at radius 3 is 2.24 bits per heavy atom. The number of amides is 2. The van der Waals surface area contributed by atoms with Gasteiger partial charge in [0.05, 0.1) is 5.69 Å². The number of aryl methyl sites for hydroxylation is 3. The number of hydrogen-bond donors (Lipinski definition) is 3. The van der Waals surface area contributed by atoms with Gasteiger partial charge in [-0.05, 0) is 30.9 Å². The van der Waals surface area contributed by atoms with Gasteiger partial charge in [-0.1, -0.05) is 56.2 Å². The predicted octanol–water partition coefficient (Wildman–Crippen LogP) is 4.70. The van der Waals surface area contributed by atoms with Crippen LogP contribution in [0.5, 0.6) is 0 Å². The van der Waals surface area contributed by atoms with Crippen LogP contribution in [0.1, 0.15) is 53.2 Å². The van der Waals surface area contributed by atoms with E-state index in [4.69, 9.17) is 5.11 Å². The van der Waals surface area contributed by atoms with Gasteiger partial charge in [-0.2, -0.15) is 0 Å². The van der Waals surface area contributed by atoms with Crippen LogP contribution in [0.3, 0.4) is 0 Å². The highest BCUT2D eigenvalue weighted by Crippen LogP contribution is 2.28. The van der Waals surface area contributed by atoms with Crippen molar-refractivity contribution >= 4 is 34.2 Å². The van der Waals surface area contributed by atoms with E-state index in [9.17, 15) is 9.59 Å². The van der Waals surface area contributed by atoms with E-state index in [1.807, 2.05) is 18.2 Å². The Bertz CT molecular complexity index is 747. The number of rotatable bonds is 7. The van der Waals surface area contributed by atoms with Crippen LogP contribution in [0.25, 0.3) is 0 Å². The number of hydrogen-bond acceptors (Lipinski definition) is 4. The molecule has 6 nitrogen and oxygen atoms in total. The molecule has 0 bridgehead atoms. The molecule has 2 aromatic rings. The molecule has 2 rings (SSSR count). The highest BCUT2D eigenvalue weighted by molar-refractivity contribution is 7.17. The molecule has 0 aliphatic carbocycles. The van der Waals surface area contributed by atoms with Gasteiger partial charge < -0.3 is 10.4 Å². The zero-order chi connectivity index (χ0) is 18.4. The summed E-state index contributed by atoms with van der Waals surface area (Å²) in [5.41, 5.74) is 3.62. The average Bonchev–Trinajstić information content (AvgIpc) is 2.90. The highest BCUT2D eigenvalue weighted by atomic mass is 32.1. The molecule has 1 aromatic heterocycles. The van der Waals surface area contributed by atoms with Crippen molar-refractivity contribution in [1.82, 2.24) is 4.98 Å². The monoisotopic (exact) mass is 361 g/mol. The van der Waals surface area contributed by atoms with Gasteiger partial charge in [0.25, 0.3) is 5.91 Å². The lowest BCUT2D eigenvalue weighted by Crippen LogP contribution is -2.15. The van der Waals surface area contributed by atoms with Crippen molar-refractivity contribution in [1.29, 1.82) is 0 Å². The maximum absolute atomic E-state index is 12.7. The number of para-hydroxylation sites is 1. The molecule has 0 spiro atoms. The van der Waals surface area contributed by atoms with Crippen molar-refractivity contribution in [2.75, 3.05) is 10.6 Å². The van der Waals surface area contributed by atoms with Crippen molar-refractivity contribution in [3.63, 3.8) is 0 Å². The summed E-state index contributed by atoms with van der Waals surface area (Å²) in [5.74, 6) is -0.255. The van der Waals surface area contributed by atoms with Crippen molar-refractivity contribution in [2.45, 2.75) is 46.5 Å². The van der Waals surface area contributed by atoms with Crippen LogP contribution in [0.4, 0.5) is 15.6 Å². The Kier molecular flexibility index (Phi) is 6.52. The molecule has 2 amide bonds. The van der Waals surface area contributed by atoms with Crippen LogP contribution in [0.15, 0.2) is 18.2 Å². The fourth-order valence-corrected chi connectivity index (χ4v) is 3.54. The molecule has 1 aromatic carbocycles. The normalized spacial score (nSPS) is 10.5. The van der Waals surface area contributed by atoms with Crippen LogP contribution >= 0.6 is 11.3 Å². The molecule has 134 valence electrons. The van der Waals surface area contributed by atoms with E-state index in [1.165, 1.54) is 0 Å². The van der Waals surface area contributed by atoms with Crippen LogP contribution in [0, 0.1) is 6.92 Å². The largest absolute Gasteiger partial charge is 0.465 e.